The summed E-state index contributed by atoms with van der Waals surface area (Å²) in [5.41, 5.74) is 0. The van der Waals surface area contributed by atoms with E-state index in [-0.39, 0.29) is 0 Å². The molecule has 0 saturated heterocycles. The lowest BCUT2D eigenvalue weighted by Gasteiger charge is -2.38. The first-order chi connectivity index (χ1) is 11.7. The Labute approximate surface area is 150 Å². The third kappa shape index (κ3) is 4.64. The second kappa shape index (κ2) is 8.86. The van der Waals surface area contributed by atoms with E-state index in [0.717, 1.165) is 23.7 Å². The first-order valence-corrected chi connectivity index (χ1v) is 11.2. The summed E-state index contributed by atoms with van der Waals surface area (Å²) in [4.78, 5) is 12.9. The van der Waals surface area contributed by atoms with Crippen LogP contribution in [-0.2, 0) is 4.79 Å². The average Bonchev–Trinajstić information content (AvgIpc) is 2.63. The summed E-state index contributed by atoms with van der Waals surface area (Å²) < 4.78 is 0. The molecule has 0 aromatic carbocycles. The van der Waals surface area contributed by atoms with Crippen LogP contribution in [0.25, 0.3) is 0 Å². The Morgan fingerprint density at radius 2 is 1.17 bits per heavy atom. The van der Waals surface area contributed by atoms with Gasteiger partial charge < -0.3 is 0 Å². The summed E-state index contributed by atoms with van der Waals surface area (Å²) in [6.07, 6.45) is 18.8. The van der Waals surface area contributed by atoms with Crippen LogP contribution in [-0.4, -0.2) is 5.78 Å². The molecule has 0 aromatic heterocycles. The van der Waals surface area contributed by atoms with Gasteiger partial charge in [-0.15, -0.1) is 0 Å². The Hall–Kier alpha value is -0.330. The maximum absolute atomic E-state index is 12.9. The van der Waals surface area contributed by atoms with Crippen LogP contribution in [0.4, 0.5) is 0 Å². The SMILES string of the molecule is CCCC1CCC(C2CCC(C(=O)C3CCC(C)CC3)CC2)CC1. The van der Waals surface area contributed by atoms with Crippen LogP contribution in [0.1, 0.15) is 104 Å². The molecule has 3 fully saturated rings. The molecule has 0 aliphatic heterocycles. The molecule has 0 unspecified atom stereocenters. The Kier molecular flexibility index (Phi) is 6.81. The molecule has 1 heteroatoms. The lowest BCUT2D eigenvalue weighted by Crippen LogP contribution is -2.32. The Bertz CT molecular complexity index is 377. The molecule has 0 bridgehead atoms. The maximum atomic E-state index is 12.9. The van der Waals surface area contributed by atoms with E-state index >= 15 is 0 Å². The number of rotatable bonds is 5. The lowest BCUT2D eigenvalue weighted by molar-refractivity contribution is -0.129. The second-order valence-corrected chi connectivity index (χ2v) is 9.54. The van der Waals surface area contributed by atoms with Gasteiger partial charge >= 0.3 is 0 Å². The van der Waals surface area contributed by atoms with Crippen molar-refractivity contribution in [3.8, 4) is 0 Å². The number of hydrogen-bond acceptors (Lipinski definition) is 1. The molecule has 3 saturated carbocycles. The normalized spacial score (nSPS) is 41.1. The predicted octanol–water partition coefficient (Wildman–Crippen LogP) is 6.79. The van der Waals surface area contributed by atoms with E-state index in [1.54, 1.807) is 0 Å². The fraction of sp³-hybridized carbons (Fsp3) is 0.957. The van der Waals surface area contributed by atoms with Gasteiger partial charge in [-0.05, 0) is 75.0 Å². The van der Waals surface area contributed by atoms with E-state index in [1.807, 2.05) is 0 Å². The lowest BCUT2D eigenvalue weighted by atomic mass is 9.67. The van der Waals surface area contributed by atoms with Crippen molar-refractivity contribution in [2.75, 3.05) is 0 Å². The molecular formula is C23H40O. The highest BCUT2D eigenvalue weighted by Gasteiger charge is 2.35. The summed E-state index contributed by atoms with van der Waals surface area (Å²) in [5, 5.41) is 0. The van der Waals surface area contributed by atoms with Gasteiger partial charge in [0.1, 0.15) is 5.78 Å². The summed E-state index contributed by atoms with van der Waals surface area (Å²) in [5.74, 6) is 5.33. The van der Waals surface area contributed by atoms with Crippen molar-refractivity contribution < 1.29 is 4.79 Å². The number of carbonyl (C=O) groups excluding carboxylic acids is 1. The van der Waals surface area contributed by atoms with Crippen molar-refractivity contribution in [1.29, 1.82) is 0 Å². The molecule has 0 radical (unpaired) electrons. The van der Waals surface area contributed by atoms with Crippen molar-refractivity contribution in [2.45, 2.75) is 104 Å². The van der Waals surface area contributed by atoms with Crippen LogP contribution in [0.2, 0.25) is 0 Å². The van der Waals surface area contributed by atoms with E-state index in [4.69, 9.17) is 0 Å². The standard InChI is InChI=1S/C23H40O/c1-3-4-18-7-11-19(12-8-18)20-13-15-22(16-14-20)23(24)21-9-5-17(2)6-10-21/h17-22H,3-16H2,1-2H3. The molecule has 138 valence electrons. The summed E-state index contributed by atoms with van der Waals surface area (Å²) >= 11 is 0. The van der Waals surface area contributed by atoms with E-state index < -0.39 is 0 Å². The van der Waals surface area contributed by atoms with E-state index in [2.05, 4.69) is 13.8 Å². The van der Waals surface area contributed by atoms with Gasteiger partial charge in [-0.2, -0.15) is 0 Å². The van der Waals surface area contributed by atoms with Gasteiger partial charge in [-0.1, -0.05) is 52.4 Å². The van der Waals surface area contributed by atoms with Crippen molar-refractivity contribution >= 4 is 5.78 Å². The highest BCUT2D eigenvalue weighted by Crippen LogP contribution is 2.43. The van der Waals surface area contributed by atoms with Gasteiger partial charge in [0.05, 0.1) is 0 Å². The molecule has 24 heavy (non-hydrogen) atoms. The number of hydrogen-bond donors (Lipinski definition) is 0. The molecule has 0 heterocycles. The zero-order chi connectivity index (χ0) is 16.9. The van der Waals surface area contributed by atoms with Crippen LogP contribution >= 0.6 is 0 Å². The first kappa shape index (κ1) is 18.5. The minimum absolute atomic E-state index is 0.423. The minimum Gasteiger partial charge on any atom is -0.299 e. The highest BCUT2D eigenvalue weighted by molar-refractivity contribution is 5.83. The Balaban J connectivity index is 1.40. The van der Waals surface area contributed by atoms with Gasteiger partial charge in [0, 0.05) is 11.8 Å². The van der Waals surface area contributed by atoms with Crippen molar-refractivity contribution in [2.24, 2.45) is 35.5 Å². The first-order valence-electron chi connectivity index (χ1n) is 11.2. The summed E-state index contributed by atoms with van der Waals surface area (Å²) in [6.45, 7) is 4.68. The molecule has 0 aromatic rings. The Morgan fingerprint density at radius 1 is 0.708 bits per heavy atom. The number of ketones is 1. The third-order valence-electron chi connectivity index (χ3n) is 7.85. The fourth-order valence-corrected chi connectivity index (χ4v) is 6.11. The molecule has 0 spiro atoms. The van der Waals surface area contributed by atoms with Gasteiger partial charge in [-0.25, -0.2) is 0 Å². The van der Waals surface area contributed by atoms with E-state index in [1.165, 1.54) is 89.9 Å². The molecule has 0 N–H and O–H groups in total. The van der Waals surface area contributed by atoms with Gasteiger partial charge in [0.2, 0.25) is 0 Å². The van der Waals surface area contributed by atoms with Crippen molar-refractivity contribution in [1.82, 2.24) is 0 Å². The second-order valence-electron chi connectivity index (χ2n) is 9.54. The monoisotopic (exact) mass is 332 g/mol. The van der Waals surface area contributed by atoms with Crippen LogP contribution in [0.15, 0.2) is 0 Å². The smallest absolute Gasteiger partial charge is 0.139 e. The summed E-state index contributed by atoms with van der Waals surface area (Å²) in [6, 6.07) is 0. The van der Waals surface area contributed by atoms with E-state index in [9.17, 15) is 4.79 Å². The van der Waals surface area contributed by atoms with Crippen LogP contribution in [0, 0.1) is 35.5 Å². The van der Waals surface area contributed by atoms with Crippen molar-refractivity contribution in [3.63, 3.8) is 0 Å². The highest BCUT2D eigenvalue weighted by atomic mass is 16.1. The predicted molar refractivity (Wildman–Crippen MR) is 102 cm³/mol. The molecule has 3 rings (SSSR count). The molecule has 1 nitrogen and oxygen atoms in total. The van der Waals surface area contributed by atoms with Crippen LogP contribution in [0.5, 0.6) is 0 Å². The van der Waals surface area contributed by atoms with E-state index in [0.29, 0.717) is 17.6 Å². The minimum atomic E-state index is 0.423. The van der Waals surface area contributed by atoms with Crippen LogP contribution < -0.4 is 0 Å². The molecule has 0 atom stereocenters. The maximum Gasteiger partial charge on any atom is 0.139 e. The Morgan fingerprint density at radius 3 is 1.67 bits per heavy atom. The largest absolute Gasteiger partial charge is 0.299 e. The quantitative estimate of drug-likeness (QED) is 0.541. The molecule has 0 amide bonds. The zero-order valence-electron chi connectivity index (χ0n) is 16.3. The van der Waals surface area contributed by atoms with Crippen LogP contribution in [0.3, 0.4) is 0 Å². The topological polar surface area (TPSA) is 17.1 Å². The van der Waals surface area contributed by atoms with Crippen molar-refractivity contribution in [3.05, 3.63) is 0 Å². The molecular weight excluding hydrogens is 292 g/mol. The fourth-order valence-electron chi connectivity index (χ4n) is 6.11. The average molecular weight is 333 g/mol. The third-order valence-corrected chi connectivity index (χ3v) is 7.85. The molecule has 3 aliphatic rings. The van der Waals surface area contributed by atoms with Gasteiger partial charge in [0.15, 0.2) is 0 Å². The summed E-state index contributed by atoms with van der Waals surface area (Å²) in [7, 11) is 0. The number of carbonyl (C=O) groups is 1. The number of Topliss-reactive ketones (excluding diaryl/α,β-unsaturated/α-hetero) is 1. The van der Waals surface area contributed by atoms with Gasteiger partial charge in [0.25, 0.3) is 0 Å². The molecule has 3 aliphatic carbocycles. The van der Waals surface area contributed by atoms with Gasteiger partial charge in [-0.3, -0.25) is 4.79 Å². The zero-order valence-corrected chi connectivity index (χ0v) is 16.3.